The summed E-state index contributed by atoms with van der Waals surface area (Å²) in [5.74, 6) is -0.460. The van der Waals surface area contributed by atoms with Crippen LogP contribution in [0.25, 0.3) is 0 Å². The van der Waals surface area contributed by atoms with Crippen LogP contribution in [-0.2, 0) is 0 Å². The number of nitrogens with one attached hydrogen (secondary N) is 1. The van der Waals surface area contributed by atoms with Gasteiger partial charge in [-0.15, -0.1) is 0 Å². The highest BCUT2D eigenvalue weighted by Crippen LogP contribution is 2.33. The van der Waals surface area contributed by atoms with Crippen molar-refractivity contribution < 1.29 is 4.79 Å². The molecule has 1 aromatic heterocycles. The molecule has 0 unspecified atom stereocenters. The third-order valence-electron chi connectivity index (χ3n) is 2.26. The highest BCUT2D eigenvalue weighted by Gasteiger charge is 2.13. The van der Waals surface area contributed by atoms with Crippen molar-refractivity contribution in [2.24, 2.45) is 0 Å². The number of aromatic nitrogens is 1. The Balaban J connectivity index is 2.29. The molecule has 1 amide bonds. The summed E-state index contributed by atoms with van der Waals surface area (Å²) >= 11 is 17.7. The fraction of sp³-hybridized carbons (Fsp3) is 0. The summed E-state index contributed by atoms with van der Waals surface area (Å²) in [7, 11) is 0. The fourth-order valence-corrected chi connectivity index (χ4v) is 2.32. The zero-order chi connectivity index (χ0) is 14.0. The molecule has 2 rings (SSSR count). The predicted octanol–water partition coefficient (Wildman–Crippen LogP) is 3.88. The molecule has 0 bridgehead atoms. The van der Waals surface area contributed by atoms with Gasteiger partial charge in [-0.2, -0.15) is 0 Å². The van der Waals surface area contributed by atoms with E-state index < -0.39 is 5.91 Å². The molecule has 0 saturated carbocycles. The third-order valence-corrected chi connectivity index (χ3v) is 3.08. The molecule has 4 nitrogen and oxygen atoms in total. The Morgan fingerprint density at radius 2 is 1.79 bits per heavy atom. The van der Waals surface area contributed by atoms with E-state index in [9.17, 15) is 4.79 Å². The summed E-state index contributed by atoms with van der Waals surface area (Å²) in [6, 6.07) is 6.00. The van der Waals surface area contributed by atoms with Gasteiger partial charge in [0, 0.05) is 16.9 Å². The van der Waals surface area contributed by atoms with Gasteiger partial charge in [0.05, 0.1) is 15.7 Å². The monoisotopic (exact) mass is 315 g/mol. The molecule has 0 radical (unpaired) electrons. The second-order valence-corrected chi connectivity index (χ2v) is 4.92. The number of hydrogen-bond donors (Lipinski definition) is 2. The lowest BCUT2D eigenvalue weighted by atomic mass is 10.2. The van der Waals surface area contributed by atoms with Gasteiger partial charge >= 0.3 is 0 Å². The molecule has 98 valence electrons. The molecule has 0 aliphatic rings. The lowest BCUT2D eigenvalue weighted by molar-refractivity contribution is 0.102. The van der Waals surface area contributed by atoms with Crippen LogP contribution in [0, 0.1) is 0 Å². The van der Waals surface area contributed by atoms with Crippen LogP contribution in [0.4, 0.5) is 11.4 Å². The number of amides is 1. The number of nitrogens with zero attached hydrogens (tertiary/aromatic N) is 1. The summed E-state index contributed by atoms with van der Waals surface area (Å²) in [6.07, 6.45) is 1.44. The first-order chi connectivity index (χ1) is 8.97. The molecular weight excluding hydrogens is 309 g/mol. The van der Waals surface area contributed by atoms with Gasteiger partial charge in [0.15, 0.2) is 0 Å². The summed E-state index contributed by atoms with van der Waals surface area (Å²) in [5.41, 5.74) is 6.47. The number of carbonyl (C=O) groups is 1. The number of benzene rings is 1. The molecule has 1 aromatic carbocycles. The van der Waals surface area contributed by atoms with E-state index in [2.05, 4.69) is 10.3 Å². The van der Waals surface area contributed by atoms with Crippen molar-refractivity contribution in [3.05, 3.63) is 51.2 Å². The summed E-state index contributed by atoms with van der Waals surface area (Å²) in [6.45, 7) is 0. The van der Waals surface area contributed by atoms with Crippen LogP contribution in [-0.4, -0.2) is 10.9 Å². The minimum Gasteiger partial charge on any atom is -0.399 e. The van der Waals surface area contributed by atoms with Crippen LogP contribution in [0.15, 0.2) is 30.5 Å². The van der Waals surface area contributed by atoms with Gasteiger partial charge in [-0.3, -0.25) is 9.78 Å². The van der Waals surface area contributed by atoms with E-state index in [0.29, 0.717) is 10.7 Å². The first-order valence-electron chi connectivity index (χ1n) is 5.15. The van der Waals surface area contributed by atoms with E-state index in [-0.39, 0.29) is 21.4 Å². The summed E-state index contributed by atoms with van der Waals surface area (Å²) in [5, 5.41) is 3.44. The van der Waals surface area contributed by atoms with Gasteiger partial charge in [0.2, 0.25) is 0 Å². The Kier molecular flexibility index (Phi) is 4.14. The summed E-state index contributed by atoms with van der Waals surface area (Å²) in [4.78, 5) is 15.9. The van der Waals surface area contributed by atoms with Gasteiger partial charge in [-0.05, 0) is 24.3 Å². The first kappa shape index (κ1) is 13.9. The molecule has 3 N–H and O–H groups in total. The van der Waals surface area contributed by atoms with Gasteiger partial charge in [-0.1, -0.05) is 34.8 Å². The zero-order valence-electron chi connectivity index (χ0n) is 9.45. The van der Waals surface area contributed by atoms with Crippen molar-refractivity contribution in [3.63, 3.8) is 0 Å². The Hall–Kier alpha value is -1.49. The third kappa shape index (κ3) is 3.29. The number of nitrogen functional groups attached to an aromatic ring is 1. The number of halogens is 3. The van der Waals surface area contributed by atoms with Crippen molar-refractivity contribution >= 4 is 52.1 Å². The van der Waals surface area contributed by atoms with Gasteiger partial charge < -0.3 is 11.1 Å². The number of carbonyl (C=O) groups excluding carboxylic acids is 1. The predicted molar refractivity (Wildman–Crippen MR) is 78.1 cm³/mol. The van der Waals surface area contributed by atoms with E-state index >= 15 is 0 Å². The quantitative estimate of drug-likeness (QED) is 0.883. The Morgan fingerprint density at radius 3 is 2.37 bits per heavy atom. The summed E-state index contributed by atoms with van der Waals surface area (Å²) < 4.78 is 0. The standard InChI is InChI=1S/C12H8Cl3N3O/c13-6-3-8(14)11(9(15)4-6)18-12(19)10-5-7(16)1-2-17-10/h1-5H,(H2,16,17)(H,18,19). The first-order valence-corrected chi connectivity index (χ1v) is 6.28. The highest BCUT2D eigenvalue weighted by atomic mass is 35.5. The lowest BCUT2D eigenvalue weighted by Gasteiger charge is -2.09. The van der Waals surface area contributed by atoms with Crippen molar-refractivity contribution in [1.82, 2.24) is 4.98 Å². The van der Waals surface area contributed by atoms with E-state index in [1.807, 2.05) is 0 Å². The zero-order valence-corrected chi connectivity index (χ0v) is 11.7. The topological polar surface area (TPSA) is 68.0 Å². The minimum absolute atomic E-state index is 0.169. The fourth-order valence-electron chi connectivity index (χ4n) is 1.41. The number of hydrogen-bond acceptors (Lipinski definition) is 3. The van der Waals surface area contributed by atoms with Crippen molar-refractivity contribution in [2.45, 2.75) is 0 Å². The molecular formula is C12H8Cl3N3O. The normalized spacial score (nSPS) is 10.3. The largest absolute Gasteiger partial charge is 0.399 e. The van der Waals surface area contributed by atoms with E-state index in [4.69, 9.17) is 40.5 Å². The van der Waals surface area contributed by atoms with Crippen LogP contribution in [0.2, 0.25) is 15.1 Å². The van der Waals surface area contributed by atoms with Crippen molar-refractivity contribution in [1.29, 1.82) is 0 Å². The van der Waals surface area contributed by atoms with Crippen LogP contribution in [0.1, 0.15) is 10.5 Å². The van der Waals surface area contributed by atoms with Gasteiger partial charge in [-0.25, -0.2) is 0 Å². The van der Waals surface area contributed by atoms with Crippen molar-refractivity contribution in [2.75, 3.05) is 11.1 Å². The molecule has 0 atom stereocenters. The van der Waals surface area contributed by atoms with E-state index in [0.717, 1.165) is 0 Å². The molecule has 0 fully saturated rings. The minimum atomic E-state index is -0.460. The maximum atomic E-state index is 12.0. The molecule has 0 saturated heterocycles. The molecule has 19 heavy (non-hydrogen) atoms. The van der Waals surface area contributed by atoms with Crippen molar-refractivity contribution in [3.8, 4) is 0 Å². The van der Waals surface area contributed by atoms with Gasteiger partial charge in [0.1, 0.15) is 5.69 Å². The molecule has 0 spiro atoms. The highest BCUT2D eigenvalue weighted by molar-refractivity contribution is 6.42. The van der Waals surface area contributed by atoms with E-state index in [1.54, 1.807) is 6.07 Å². The molecule has 7 heteroatoms. The van der Waals surface area contributed by atoms with Crippen LogP contribution in [0.3, 0.4) is 0 Å². The molecule has 0 aliphatic carbocycles. The van der Waals surface area contributed by atoms with Gasteiger partial charge in [0.25, 0.3) is 5.91 Å². The molecule has 0 aliphatic heterocycles. The number of rotatable bonds is 2. The van der Waals surface area contributed by atoms with Crippen LogP contribution < -0.4 is 11.1 Å². The van der Waals surface area contributed by atoms with Crippen LogP contribution in [0.5, 0.6) is 0 Å². The smallest absolute Gasteiger partial charge is 0.274 e. The number of nitrogens with two attached hydrogens (primary N) is 1. The lowest BCUT2D eigenvalue weighted by Crippen LogP contribution is -2.14. The number of pyridine rings is 1. The second kappa shape index (κ2) is 5.65. The second-order valence-electron chi connectivity index (χ2n) is 3.67. The number of anilines is 2. The maximum Gasteiger partial charge on any atom is 0.274 e. The maximum absolute atomic E-state index is 12.0. The molecule has 1 heterocycles. The van der Waals surface area contributed by atoms with Crippen LogP contribution >= 0.6 is 34.8 Å². The average molecular weight is 317 g/mol. The Bertz CT molecular complexity index is 623. The van der Waals surface area contributed by atoms with E-state index in [1.165, 1.54) is 24.4 Å². The SMILES string of the molecule is Nc1ccnc(C(=O)Nc2c(Cl)cc(Cl)cc2Cl)c1. The molecule has 2 aromatic rings. The Morgan fingerprint density at radius 1 is 1.16 bits per heavy atom. The average Bonchev–Trinajstić information content (AvgIpc) is 2.33. The Labute approximate surface area is 124 Å².